The highest BCUT2D eigenvalue weighted by atomic mass is 14.4. The second kappa shape index (κ2) is 10.3. The summed E-state index contributed by atoms with van der Waals surface area (Å²) in [6.45, 7) is 12.4. The smallest absolute Gasteiger partial charge is 0.0195 e. The SMILES string of the molecule is C=C(C)/C(=C\C=C(C)C)CCC.CN. The van der Waals surface area contributed by atoms with Gasteiger partial charge in [0, 0.05) is 0 Å². The fraction of sp³-hybridized carbons (Fsp3) is 0.538. The number of nitrogens with two attached hydrogens (primary N) is 1. The van der Waals surface area contributed by atoms with Gasteiger partial charge in [-0.1, -0.05) is 43.2 Å². The van der Waals surface area contributed by atoms with E-state index in [0.717, 1.165) is 6.42 Å². The summed E-state index contributed by atoms with van der Waals surface area (Å²) < 4.78 is 0. The van der Waals surface area contributed by atoms with E-state index in [9.17, 15) is 0 Å². The molecule has 0 amide bonds. The summed E-state index contributed by atoms with van der Waals surface area (Å²) >= 11 is 0. The van der Waals surface area contributed by atoms with E-state index in [2.05, 4.69) is 52.2 Å². The van der Waals surface area contributed by atoms with E-state index in [-0.39, 0.29) is 0 Å². The molecule has 0 rings (SSSR count). The summed E-state index contributed by atoms with van der Waals surface area (Å²) in [5, 5.41) is 0. The first-order chi connectivity index (χ1) is 6.57. The Hall–Kier alpha value is -0.820. The van der Waals surface area contributed by atoms with Crippen LogP contribution < -0.4 is 5.73 Å². The van der Waals surface area contributed by atoms with E-state index in [0.29, 0.717) is 0 Å². The van der Waals surface area contributed by atoms with Crippen LogP contribution in [0.3, 0.4) is 0 Å². The Morgan fingerprint density at radius 2 is 1.64 bits per heavy atom. The van der Waals surface area contributed by atoms with Gasteiger partial charge in [-0.3, -0.25) is 0 Å². The van der Waals surface area contributed by atoms with Crippen molar-refractivity contribution in [3.63, 3.8) is 0 Å². The highest BCUT2D eigenvalue weighted by Gasteiger charge is 1.93. The Balaban J connectivity index is 0. The Morgan fingerprint density at radius 3 is 1.93 bits per heavy atom. The molecule has 0 radical (unpaired) electrons. The van der Waals surface area contributed by atoms with E-state index in [1.54, 1.807) is 0 Å². The highest BCUT2D eigenvalue weighted by Crippen LogP contribution is 2.13. The molecule has 0 heterocycles. The molecule has 2 N–H and O–H groups in total. The van der Waals surface area contributed by atoms with Crippen molar-refractivity contribution in [2.75, 3.05) is 7.05 Å². The average Bonchev–Trinajstić information content (AvgIpc) is 2.14. The maximum absolute atomic E-state index is 4.50. The van der Waals surface area contributed by atoms with Crippen molar-refractivity contribution < 1.29 is 0 Å². The quantitative estimate of drug-likeness (QED) is 0.678. The monoisotopic (exact) mass is 195 g/mol. The molecule has 0 bridgehead atoms. The largest absolute Gasteiger partial charge is 0.333 e. The van der Waals surface area contributed by atoms with Gasteiger partial charge in [0.2, 0.25) is 0 Å². The molecule has 0 aliphatic heterocycles. The fourth-order valence-electron chi connectivity index (χ4n) is 0.976. The first-order valence-corrected chi connectivity index (χ1v) is 5.15. The minimum absolute atomic E-state index is 1.14. The minimum Gasteiger partial charge on any atom is -0.333 e. The lowest BCUT2D eigenvalue weighted by atomic mass is 10.0. The molecule has 0 aromatic rings. The van der Waals surface area contributed by atoms with Gasteiger partial charge in [-0.25, -0.2) is 0 Å². The number of hydrogen-bond donors (Lipinski definition) is 1. The maximum atomic E-state index is 4.50. The van der Waals surface area contributed by atoms with Crippen LogP contribution in [-0.4, -0.2) is 7.05 Å². The second-order valence-corrected chi connectivity index (χ2v) is 3.47. The minimum atomic E-state index is 1.14. The summed E-state index contributed by atoms with van der Waals surface area (Å²) in [5.74, 6) is 0. The zero-order chi connectivity index (χ0) is 11.6. The molecule has 14 heavy (non-hydrogen) atoms. The summed E-state index contributed by atoms with van der Waals surface area (Å²) in [6.07, 6.45) is 6.66. The number of allylic oxidation sites excluding steroid dienone is 5. The summed E-state index contributed by atoms with van der Waals surface area (Å²) in [5.41, 5.74) is 8.40. The van der Waals surface area contributed by atoms with Crippen LogP contribution in [0, 0.1) is 0 Å². The van der Waals surface area contributed by atoms with Gasteiger partial charge in [0.25, 0.3) is 0 Å². The van der Waals surface area contributed by atoms with Crippen molar-refractivity contribution in [1.82, 2.24) is 0 Å². The van der Waals surface area contributed by atoms with Gasteiger partial charge >= 0.3 is 0 Å². The van der Waals surface area contributed by atoms with Gasteiger partial charge < -0.3 is 5.73 Å². The van der Waals surface area contributed by atoms with Crippen LogP contribution in [0.25, 0.3) is 0 Å². The van der Waals surface area contributed by atoms with Crippen LogP contribution in [0.1, 0.15) is 40.5 Å². The zero-order valence-corrected chi connectivity index (χ0v) is 10.4. The summed E-state index contributed by atoms with van der Waals surface area (Å²) in [4.78, 5) is 0. The van der Waals surface area contributed by atoms with Gasteiger partial charge in [-0.05, 0) is 39.8 Å². The highest BCUT2D eigenvalue weighted by molar-refractivity contribution is 5.30. The average molecular weight is 195 g/mol. The van der Waals surface area contributed by atoms with Crippen LogP contribution in [-0.2, 0) is 0 Å². The second-order valence-electron chi connectivity index (χ2n) is 3.47. The Kier molecular flexibility index (Phi) is 11.5. The Bertz CT molecular complexity index is 205. The lowest BCUT2D eigenvalue weighted by Crippen LogP contribution is -1.83. The lowest BCUT2D eigenvalue weighted by molar-refractivity contribution is 0.912. The van der Waals surface area contributed by atoms with E-state index < -0.39 is 0 Å². The molecular weight excluding hydrogens is 170 g/mol. The van der Waals surface area contributed by atoms with E-state index in [1.165, 1.54) is 30.2 Å². The van der Waals surface area contributed by atoms with Crippen molar-refractivity contribution in [1.29, 1.82) is 0 Å². The van der Waals surface area contributed by atoms with Crippen molar-refractivity contribution in [3.05, 3.63) is 35.5 Å². The van der Waals surface area contributed by atoms with Crippen LogP contribution in [0.2, 0.25) is 0 Å². The third-order valence-corrected chi connectivity index (χ3v) is 1.69. The molecule has 0 saturated heterocycles. The van der Waals surface area contributed by atoms with E-state index >= 15 is 0 Å². The van der Waals surface area contributed by atoms with E-state index in [1.807, 2.05) is 0 Å². The Labute approximate surface area is 89.4 Å². The molecule has 1 heteroatoms. The topological polar surface area (TPSA) is 26.0 Å². The molecule has 0 aliphatic carbocycles. The van der Waals surface area contributed by atoms with Crippen LogP contribution in [0.5, 0.6) is 0 Å². The van der Waals surface area contributed by atoms with Gasteiger partial charge in [0.05, 0.1) is 0 Å². The first-order valence-electron chi connectivity index (χ1n) is 5.15. The number of rotatable bonds is 4. The molecule has 0 saturated carbocycles. The van der Waals surface area contributed by atoms with Gasteiger partial charge in [-0.2, -0.15) is 0 Å². The third-order valence-electron chi connectivity index (χ3n) is 1.69. The molecule has 0 aliphatic rings. The van der Waals surface area contributed by atoms with Crippen molar-refractivity contribution in [2.24, 2.45) is 5.73 Å². The summed E-state index contributed by atoms with van der Waals surface area (Å²) in [6, 6.07) is 0. The van der Waals surface area contributed by atoms with Crippen molar-refractivity contribution in [2.45, 2.75) is 40.5 Å². The van der Waals surface area contributed by atoms with Gasteiger partial charge in [0.15, 0.2) is 0 Å². The molecule has 0 fully saturated rings. The fourth-order valence-corrected chi connectivity index (χ4v) is 0.976. The van der Waals surface area contributed by atoms with Gasteiger partial charge in [-0.15, -0.1) is 0 Å². The standard InChI is InChI=1S/C12H20.CH5N/c1-6-7-12(11(4)5)9-8-10(2)3;1-2/h8-9H,4,6-7H2,1-3,5H3;2H2,1H3/b12-9-;. The molecular formula is C13H25N. The zero-order valence-electron chi connectivity index (χ0n) is 10.4. The normalized spacial score (nSPS) is 10.0. The van der Waals surface area contributed by atoms with Crippen LogP contribution >= 0.6 is 0 Å². The predicted molar refractivity (Wildman–Crippen MR) is 67.3 cm³/mol. The maximum Gasteiger partial charge on any atom is -0.0195 e. The van der Waals surface area contributed by atoms with E-state index in [4.69, 9.17) is 0 Å². The molecule has 1 nitrogen and oxygen atoms in total. The van der Waals surface area contributed by atoms with Crippen molar-refractivity contribution in [3.8, 4) is 0 Å². The summed E-state index contributed by atoms with van der Waals surface area (Å²) in [7, 11) is 1.50. The van der Waals surface area contributed by atoms with Crippen molar-refractivity contribution >= 4 is 0 Å². The lowest BCUT2D eigenvalue weighted by Gasteiger charge is -2.03. The number of hydrogen-bond acceptors (Lipinski definition) is 1. The molecule has 0 aromatic heterocycles. The third kappa shape index (κ3) is 9.27. The molecule has 0 spiro atoms. The van der Waals surface area contributed by atoms with Gasteiger partial charge in [0.1, 0.15) is 0 Å². The molecule has 0 aromatic carbocycles. The first kappa shape index (κ1) is 15.6. The predicted octanol–water partition coefficient (Wildman–Crippen LogP) is 3.83. The Morgan fingerprint density at radius 1 is 1.14 bits per heavy atom. The molecule has 0 unspecified atom stereocenters. The van der Waals surface area contributed by atoms with Crippen LogP contribution in [0.15, 0.2) is 35.5 Å². The van der Waals surface area contributed by atoms with Crippen LogP contribution in [0.4, 0.5) is 0 Å². The molecule has 82 valence electrons. The molecule has 0 atom stereocenters.